The summed E-state index contributed by atoms with van der Waals surface area (Å²) in [4.78, 5) is 96.4. The molecule has 0 aromatic carbocycles. The van der Waals surface area contributed by atoms with Crippen molar-refractivity contribution in [2.24, 2.45) is 98.6 Å². The van der Waals surface area contributed by atoms with Crippen molar-refractivity contribution in [3.8, 4) is 0 Å². The van der Waals surface area contributed by atoms with Crippen molar-refractivity contribution in [1.82, 2.24) is 0 Å². The van der Waals surface area contributed by atoms with E-state index in [2.05, 4.69) is 47.6 Å². The number of carbonyl (C=O) groups excluding carboxylic acids is 7. The normalized spacial score (nSPS) is 46.1. The molecule has 0 aromatic heterocycles. The molecule has 8 aliphatic rings. The molecule has 7 fully saturated rings. The van der Waals surface area contributed by atoms with Gasteiger partial charge < -0.3 is 9.47 Å². The minimum Gasteiger partial charge on any atom is -0.469 e. The van der Waals surface area contributed by atoms with Crippen LogP contribution in [-0.2, 0) is 43.0 Å². The summed E-state index contributed by atoms with van der Waals surface area (Å²) in [6.07, 6.45) is 12.0. The summed E-state index contributed by atoms with van der Waals surface area (Å²) in [7, 11) is 2.81. The smallest absolute Gasteiger partial charge is 0.305 e. The molecular formula is C50H70O9. The third kappa shape index (κ3) is 6.28. The van der Waals surface area contributed by atoms with E-state index >= 15 is 0 Å². The van der Waals surface area contributed by atoms with E-state index in [1.807, 2.05) is 0 Å². The summed E-state index contributed by atoms with van der Waals surface area (Å²) in [5.74, 6) is 0.242. The average molecular weight is 815 g/mol. The van der Waals surface area contributed by atoms with Gasteiger partial charge in [0.05, 0.1) is 14.2 Å². The van der Waals surface area contributed by atoms with Gasteiger partial charge in [0.25, 0.3) is 0 Å². The number of ether oxygens (including phenoxy) is 2. The van der Waals surface area contributed by atoms with Gasteiger partial charge in [0, 0.05) is 73.5 Å². The summed E-state index contributed by atoms with van der Waals surface area (Å²) in [5.41, 5.74) is -0.650. The van der Waals surface area contributed by atoms with Crippen molar-refractivity contribution < 1.29 is 43.0 Å². The average Bonchev–Trinajstić information content (AvgIpc) is 3.76. The molecule has 8 rings (SSSR count). The standard InChI is InChI=1S/C50H70O9/c1-26(9-15-42(56)58-7)30-11-13-32-45-35(24-40(54)49(30,32)5)47(3)19-17-28(21-29(47)22-38(45)52)44-34-23-39(53)46-33-14-12-31(27(2)10-16-43(57)59-8)50(33,6)41(55)25-36(46)48(34,4)20-18-37(44)51/h21,26-27,29-36,44-46H,9-20,22-25H2,1-8H3. The fourth-order valence-electron chi connectivity index (χ4n) is 16.8. The molecule has 0 aromatic rings. The van der Waals surface area contributed by atoms with Crippen LogP contribution in [0.5, 0.6) is 0 Å². The molecule has 0 saturated heterocycles. The molecule has 0 radical (unpaired) electrons. The maximum Gasteiger partial charge on any atom is 0.305 e. The van der Waals surface area contributed by atoms with Crippen molar-refractivity contribution in [2.45, 2.75) is 144 Å². The van der Waals surface area contributed by atoms with E-state index in [9.17, 15) is 33.6 Å². The Morgan fingerprint density at radius 3 is 1.59 bits per heavy atom. The number of allylic oxidation sites excluding steroid dienone is 2. The molecule has 0 heterocycles. The molecule has 0 N–H and O–H groups in total. The Labute approximate surface area is 351 Å². The van der Waals surface area contributed by atoms with E-state index in [-0.39, 0.29) is 129 Å². The summed E-state index contributed by atoms with van der Waals surface area (Å²) in [6.45, 7) is 13.1. The zero-order valence-corrected chi connectivity index (χ0v) is 37.1. The lowest BCUT2D eigenvalue weighted by Gasteiger charge is -2.61. The second-order valence-corrected chi connectivity index (χ2v) is 22.1. The maximum absolute atomic E-state index is 14.7. The van der Waals surface area contributed by atoms with E-state index in [4.69, 9.17) is 9.47 Å². The van der Waals surface area contributed by atoms with Gasteiger partial charge in [-0.3, -0.25) is 33.6 Å². The van der Waals surface area contributed by atoms with Crippen LogP contribution in [0.3, 0.4) is 0 Å². The van der Waals surface area contributed by atoms with Crippen LogP contribution in [-0.4, -0.2) is 55.1 Å². The number of Topliss-reactive ketones (excluding diaryl/α,β-unsaturated/α-hetero) is 5. The number of carbonyl (C=O) groups is 7. The first-order valence-electron chi connectivity index (χ1n) is 23.3. The molecule has 0 amide bonds. The van der Waals surface area contributed by atoms with Crippen molar-refractivity contribution in [2.75, 3.05) is 14.2 Å². The second-order valence-electron chi connectivity index (χ2n) is 22.1. The summed E-state index contributed by atoms with van der Waals surface area (Å²) in [6, 6.07) is 0. The Bertz CT molecular complexity index is 1850. The summed E-state index contributed by atoms with van der Waals surface area (Å²) >= 11 is 0. The fourth-order valence-corrected chi connectivity index (χ4v) is 16.8. The molecule has 0 bridgehead atoms. The van der Waals surface area contributed by atoms with Crippen molar-refractivity contribution in [3.63, 3.8) is 0 Å². The number of methoxy groups -OCH3 is 2. The van der Waals surface area contributed by atoms with Gasteiger partial charge in [-0.25, -0.2) is 0 Å². The molecule has 0 aliphatic heterocycles. The van der Waals surface area contributed by atoms with E-state index in [1.54, 1.807) is 0 Å². The Morgan fingerprint density at radius 1 is 0.610 bits per heavy atom. The van der Waals surface area contributed by atoms with Gasteiger partial charge in [0.2, 0.25) is 0 Å². The van der Waals surface area contributed by atoms with Crippen LogP contribution in [0.15, 0.2) is 11.6 Å². The van der Waals surface area contributed by atoms with Crippen molar-refractivity contribution in [3.05, 3.63) is 11.6 Å². The van der Waals surface area contributed by atoms with E-state index in [0.29, 0.717) is 64.2 Å². The van der Waals surface area contributed by atoms with Gasteiger partial charge >= 0.3 is 11.9 Å². The number of hydrogen-bond acceptors (Lipinski definition) is 9. The zero-order valence-electron chi connectivity index (χ0n) is 37.1. The third-order valence-corrected chi connectivity index (χ3v) is 20.2. The first-order chi connectivity index (χ1) is 27.9. The van der Waals surface area contributed by atoms with E-state index in [1.165, 1.54) is 14.2 Å². The van der Waals surface area contributed by atoms with Gasteiger partial charge in [-0.2, -0.15) is 0 Å². The third-order valence-electron chi connectivity index (χ3n) is 20.2. The Hall–Kier alpha value is -2.97. The molecule has 17 atom stereocenters. The van der Waals surface area contributed by atoms with E-state index in [0.717, 1.165) is 44.1 Å². The molecule has 59 heavy (non-hydrogen) atoms. The highest BCUT2D eigenvalue weighted by Crippen LogP contribution is 2.70. The van der Waals surface area contributed by atoms with Crippen LogP contribution >= 0.6 is 0 Å². The first-order valence-corrected chi connectivity index (χ1v) is 23.3. The number of rotatable bonds is 9. The predicted octanol–water partition coefficient (Wildman–Crippen LogP) is 8.53. The van der Waals surface area contributed by atoms with Gasteiger partial charge in [-0.15, -0.1) is 0 Å². The lowest BCUT2D eigenvalue weighted by atomic mass is 9.41. The van der Waals surface area contributed by atoms with Crippen LogP contribution < -0.4 is 0 Å². The largest absolute Gasteiger partial charge is 0.469 e. The van der Waals surface area contributed by atoms with Gasteiger partial charge in [-0.1, -0.05) is 53.2 Å². The second kappa shape index (κ2) is 15.1. The number of esters is 2. The molecule has 0 spiro atoms. The monoisotopic (exact) mass is 815 g/mol. The van der Waals surface area contributed by atoms with Crippen LogP contribution in [0.4, 0.5) is 0 Å². The maximum atomic E-state index is 14.7. The molecule has 9 nitrogen and oxygen atoms in total. The first kappa shape index (κ1) is 42.7. The molecular weight excluding hydrogens is 745 g/mol. The van der Waals surface area contributed by atoms with Crippen LogP contribution in [0.25, 0.3) is 0 Å². The molecule has 9 heteroatoms. The van der Waals surface area contributed by atoms with Gasteiger partial charge in [0.1, 0.15) is 28.9 Å². The minimum absolute atomic E-state index is 0.00934. The number of ketones is 5. The van der Waals surface area contributed by atoms with Gasteiger partial charge in [-0.05, 0) is 128 Å². The summed E-state index contributed by atoms with van der Waals surface area (Å²) < 4.78 is 9.81. The van der Waals surface area contributed by atoms with Crippen molar-refractivity contribution >= 4 is 40.9 Å². The highest BCUT2D eigenvalue weighted by atomic mass is 16.5. The van der Waals surface area contributed by atoms with Crippen LogP contribution in [0.1, 0.15) is 144 Å². The predicted molar refractivity (Wildman–Crippen MR) is 220 cm³/mol. The van der Waals surface area contributed by atoms with Crippen molar-refractivity contribution in [1.29, 1.82) is 0 Å². The molecule has 7 saturated carbocycles. The number of fused-ring (bicyclic) bond motifs is 10. The minimum atomic E-state index is -0.596. The molecule has 17 unspecified atom stereocenters. The molecule has 324 valence electrons. The molecule has 8 aliphatic carbocycles. The SMILES string of the molecule is COC(=O)CCC(C)C1CCC2C3C(=O)CC4C=C(C5C(=O)CCC6(C)C5CC(=O)C5C6CC(=O)C6(C)C(C(C)CCC(=O)OC)CCC56)CCC4(C)C3CC(=O)C12C. The summed E-state index contributed by atoms with van der Waals surface area (Å²) in [5, 5.41) is 0. The lowest BCUT2D eigenvalue weighted by molar-refractivity contribution is -0.170. The van der Waals surface area contributed by atoms with Gasteiger partial charge in [0.15, 0.2) is 0 Å². The Kier molecular flexibility index (Phi) is 11.0. The van der Waals surface area contributed by atoms with E-state index < -0.39 is 10.8 Å². The quantitative estimate of drug-likeness (QED) is 0.166. The Morgan fingerprint density at radius 2 is 1.08 bits per heavy atom. The highest BCUT2D eigenvalue weighted by molar-refractivity contribution is 5.94. The number of hydrogen-bond donors (Lipinski definition) is 0. The fraction of sp³-hybridized carbons (Fsp3) is 0.820. The topological polar surface area (TPSA) is 138 Å². The Balaban J connectivity index is 1.03. The zero-order chi connectivity index (χ0) is 42.6. The lowest BCUT2D eigenvalue weighted by Crippen LogP contribution is -2.62. The van der Waals surface area contributed by atoms with Crippen LogP contribution in [0.2, 0.25) is 0 Å². The van der Waals surface area contributed by atoms with Crippen LogP contribution in [0, 0.1) is 98.6 Å². The highest BCUT2D eigenvalue weighted by Gasteiger charge is 2.69.